The van der Waals surface area contributed by atoms with Crippen molar-refractivity contribution in [1.82, 2.24) is 0 Å². The van der Waals surface area contributed by atoms with E-state index in [2.05, 4.69) is 0 Å². The van der Waals surface area contributed by atoms with Crippen LogP contribution in [0, 0.1) is 5.82 Å². The van der Waals surface area contributed by atoms with Crippen LogP contribution in [0.1, 0.15) is 23.5 Å². The maximum Gasteiger partial charge on any atom is 0.304 e. The van der Waals surface area contributed by atoms with Crippen molar-refractivity contribution in [2.24, 2.45) is 0 Å². The lowest BCUT2D eigenvalue weighted by Crippen LogP contribution is -2.05. The van der Waals surface area contributed by atoms with Crippen molar-refractivity contribution in [2.75, 3.05) is 0 Å². The van der Waals surface area contributed by atoms with Crippen LogP contribution in [0.25, 0.3) is 11.1 Å². The van der Waals surface area contributed by atoms with Crippen LogP contribution in [-0.2, 0) is 4.79 Å². The van der Waals surface area contributed by atoms with E-state index in [1.807, 2.05) is 0 Å². The van der Waals surface area contributed by atoms with Crippen LogP contribution in [0.3, 0.4) is 0 Å². The van der Waals surface area contributed by atoms with Gasteiger partial charge in [-0.3, -0.25) is 4.79 Å². The highest BCUT2D eigenvalue weighted by molar-refractivity contribution is 6.36. The zero-order valence-electron chi connectivity index (χ0n) is 10.2. The molecule has 0 bridgehead atoms. The molecule has 0 radical (unpaired) electrons. The molecule has 5 heteroatoms. The fourth-order valence-corrected chi connectivity index (χ4v) is 3.40. The van der Waals surface area contributed by atoms with Crippen molar-refractivity contribution in [3.05, 3.63) is 57.3 Å². The summed E-state index contributed by atoms with van der Waals surface area (Å²) in [6, 6.07) is 7.67. The van der Waals surface area contributed by atoms with Gasteiger partial charge in [-0.2, -0.15) is 0 Å². The van der Waals surface area contributed by atoms with E-state index in [9.17, 15) is 9.18 Å². The van der Waals surface area contributed by atoms with Gasteiger partial charge < -0.3 is 5.11 Å². The van der Waals surface area contributed by atoms with E-state index in [1.54, 1.807) is 18.2 Å². The Kier molecular flexibility index (Phi) is 3.19. The molecule has 2 nitrogen and oxygen atoms in total. The number of hydrogen-bond acceptors (Lipinski definition) is 1. The molecule has 1 unspecified atom stereocenters. The standard InChI is InChI=1S/C15H9Cl2FO2/c16-7-3-11-9-2-1-8(18)5-10(9)12(6-14(19)20)15(11)13(17)4-7/h1-5,12H,6H2,(H,19,20). The first-order chi connectivity index (χ1) is 9.47. The van der Waals surface area contributed by atoms with Crippen molar-refractivity contribution < 1.29 is 14.3 Å². The molecule has 0 aromatic heterocycles. The molecule has 0 heterocycles. The normalized spacial score (nSPS) is 15.8. The Hall–Kier alpha value is -1.58. The van der Waals surface area contributed by atoms with Gasteiger partial charge in [0.1, 0.15) is 5.82 Å². The summed E-state index contributed by atoms with van der Waals surface area (Å²) in [6.07, 6.45) is -0.134. The molecule has 1 aliphatic rings. The SMILES string of the molecule is O=C(O)CC1c2cc(F)ccc2-c2cc(Cl)cc(Cl)c21. The van der Waals surface area contributed by atoms with Crippen LogP contribution < -0.4 is 0 Å². The Morgan fingerprint density at radius 1 is 1.20 bits per heavy atom. The lowest BCUT2D eigenvalue weighted by Gasteiger charge is -2.12. The zero-order chi connectivity index (χ0) is 14.4. The molecule has 0 spiro atoms. The summed E-state index contributed by atoms with van der Waals surface area (Å²) in [7, 11) is 0. The molecule has 0 amide bonds. The topological polar surface area (TPSA) is 37.3 Å². The summed E-state index contributed by atoms with van der Waals surface area (Å²) in [5, 5.41) is 9.96. The first-order valence-electron chi connectivity index (χ1n) is 5.98. The minimum atomic E-state index is -0.955. The van der Waals surface area contributed by atoms with Gasteiger partial charge in [-0.1, -0.05) is 29.3 Å². The van der Waals surface area contributed by atoms with E-state index in [0.29, 0.717) is 21.2 Å². The van der Waals surface area contributed by atoms with Crippen molar-refractivity contribution in [3.63, 3.8) is 0 Å². The summed E-state index contributed by atoms with van der Waals surface area (Å²) in [5.41, 5.74) is 2.92. The van der Waals surface area contributed by atoms with Gasteiger partial charge in [0.05, 0.1) is 6.42 Å². The lowest BCUT2D eigenvalue weighted by atomic mass is 9.93. The van der Waals surface area contributed by atoms with Crippen LogP contribution in [0.15, 0.2) is 30.3 Å². The molecule has 3 rings (SSSR count). The van der Waals surface area contributed by atoms with E-state index >= 15 is 0 Å². The molecular weight excluding hydrogens is 302 g/mol. The smallest absolute Gasteiger partial charge is 0.304 e. The number of hydrogen-bond donors (Lipinski definition) is 1. The molecule has 0 aliphatic heterocycles. The molecule has 2 aromatic rings. The number of fused-ring (bicyclic) bond motifs is 3. The Bertz CT molecular complexity index is 728. The Labute approximate surface area is 124 Å². The van der Waals surface area contributed by atoms with E-state index in [0.717, 1.165) is 11.1 Å². The highest BCUT2D eigenvalue weighted by Crippen LogP contribution is 2.50. The number of carbonyl (C=O) groups is 1. The molecule has 20 heavy (non-hydrogen) atoms. The predicted octanol–water partition coefficient (Wildman–Crippen LogP) is 4.72. The van der Waals surface area contributed by atoms with E-state index in [1.165, 1.54) is 12.1 Å². The largest absolute Gasteiger partial charge is 0.481 e. The second-order valence-electron chi connectivity index (χ2n) is 4.73. The average molecular weight is 311 g/mol. The lowest BCUT2D eigenvalue weighted by molar-refractivity contribution is -0.137. The maximum atomic E-state index is 13.5. The molecule has 2 aromatic carbocycles. The monoisotopic (exact) mass is 310 g/mol. The van der Waals surface area contributed by atoms with Crippen molar-refractivity contribution in [3.8, 4) is 11.1 Å². The second-order valence-corrected chi connectivity index (χ2v) is 5.57. The molecule has 0 fully saturated rings. The first kappa shape index (κ1) is 13.4. The zero-order valence-corrected chi connectivity index (χ0v) is 11.7. The van der Waals surface area contributed by atoms with Gasteiger partial charge in [0, 0.05) is 16.0 Å². The Morgan fingerprint density at radius 3 is 2.65 bits per heavy atom. The summed E-state index contributed by atoms with van der Waals surface area (Å²) in [4.78, 5) is 11.1. The van der Waals surface area contributed by atoms with Crippen LogP contribution in [0.4, 0.5) is 4.39 Å². The molecular formula is C15H9Cl2FO2. The summed E-state index contributed by atoms with van der Waals surface area (Å²) >= 11 is 12.2. The molecule has 1 N–H and O–H groups in total. The van der Waals surface area contributed by atoms with E-state index in [-0.39, 0.29) is 6.42 Å². The van der Waals surface area contributed by atoms with Crippen LogP contribution in [0.5, 0.6) is 0 Å². The number of halogens is 3. The van der Waals surface area contributed by atoms with Gasteiger partial charge in [-0.05, 0) is 46.5 Å². The second kappa shape index (κ2) is 4.76. The third kappa shape index (κ3) is 2.07. The number of rotatable bonds is 2. The van der Waals surface area contributed by atoms with Crippen LogP contribution in [-0.4, -0.2) is 11.1 Å². The minimum absolute atomic E-state index is 0.134. The van der Waals surface area contributed by atoms with Crippen molar-refractivity contribution >= 4 is 29.2 Å². The summed E-state index contributed by atoms with van der Waals surface area (Å²) in [6.45, 7) is 0. The number of carboxylic acid groups (broad SMARTS) is 1. The summed E-state index contributed by atoms with van der Waals surface area (Å²) in [5.74, 6) is -1.80. The number of aliphatic carboxylic acids is 1. The average Bonchev–Trinajstić information content (AvgIpc) is 2.63. The Morgan fingerprint density at radius 2 is 1.95 bits per heavy atom. The molecule has 0 saturated heterocycles. The third-order valence-corrected chi connectivity index (χ3v) is 4.03. The van der Waals surface area contributed by atoms with Gasteiger partial charge in [-0.15, -0.1) is 0 Å². The first-order valence-corrected chi connectivity index (χ1v) is 6.73. The van der Waals surface area contributed by atoms with E-state index < -0.39 is 17.7 Å². The fourth-order valence-electron chi connectivity index (χ4n) is 2.77. The third-order valence-electron chi connectivity index (χ3n) is 3.50. The highest BCUT2D eigenvalue weighted by Gasteiger charge is 2.33. The van der Waals surface area contributed by atoms with Gasteiger partial charge in [0.25, 0.3) is 0 Å². The van der Waals surface area contributed by atoms with Crippen LogP contribution >= 0.6 is 23.2 Å². The van der Waals surface area contributed by atoms with Crippen molar-refractivity contribution in [2.45, 2.75) is 12.3 Å². The maximum absolute atomic E-state index is 13.5. The Balaban J connectivity index is 2.28. The predicted molar refractivity (Wildman–Crippen MR) is 76.0 cm³/mol. The van der Waals surface area contributed by atoms with Crippen LogP contribution in [0.2, 0.25) is 10.0 Å². The molecule has 1 aliphatic carbocycles. The number of carboxylic acids is 1. The van der Waals surface area contributed by atoms with Gasteiger partial charge >= 0.3 is 5.97 Å². The van der Waals surface area contributed by atoms with Gasteiger partial charge in [0.15, 0.2) is 0 Å². The fraction of sp³-hybridized carbons (Fsp3) is 0.133. The summed E-state index contributed by atoms with van der Waals surface area (Å²) < 4.78 is 13.5. The van der Waals surface area contributed by atoms with E-state index in [4.69, 9.17) is 28.3 Å². The van der Waals surface area contributed by atoms with Crippen molar-refractivity contribution in [1.29, 1.82) is 0 Å². The molecule has 102 valence electrons. The van der Waals surface area contributed by atoms with Gasteiger partial charge in [-0.25, -0.2) is 4.39 Å². The quantitative estimate of drug-likeness (QED) is 0.871. The number of benzene rings is 2. The minimum Gasteiger partial charge on any atom is -0.481 e. The molecule has 0 saturated carbocycles. The molecule has 1 atom stereocenters. The van der Waals surface area contributed by atoms with Gasteiger partial charge in [0.2, 0.25) is 0 Å². The highest BCUT2D eigenvalue weighted by atomic mass is 35.5.